The molecule has 5 rings (SSSR count). The van der Waals surface area contributed by atoms with E-state index in [1.165, 1.54) is 5.56 Å². The Morgan fingerprint density at radius 2 is 2.24 bits per heavy atom. The molecule has 4 aliphatic rings. The number of rotatable bonds is 3. The Hall–Kier alpha value is -1.85. The molecule has 25 heavy (non-hydrogen) atoms. The van der Waals surface area contributed by atoms with Gasteiger partial charge in [0.15, 0.2) is 23.4 Å². The lowest BCUT2D eigenvalue weighted by atomic mass is 9.50. The first-order valence-corrected chi connectivity index (χ1v) is 9.03. The van der Waals surface area contributed by atoms with Crippen molar-refractivity contribution in [1.82, 2.24) is 4.90 Å². The molecule has 4 atom stereocenters. The van der Waals surface area contributed by atoms with Crippen LogP contribution in [0.25, 0.3) is 0 Å². The fraction of sp³-hybridized carbons (Fsp3) is 0.550. The summed E-state index contributed by atoms with van der Waals surface area (Å²) in [6.07, 6.45) is 4.91. The van der Waals surface area contributed by atoms with Gasteiger partial charge in [0.05, 0.1) is 12.5 Å². The average Bonchev–Trinajstić information content (AvgIpc) is 2.96. The van der Waals surface area contributed by atoms with E-state index in [4.69, 9.17) is 14.2 Å². The number of piperidine rings is 1. The first-order chi connectivity index (χ1) is 12.1. The molecule has 5 heteroatoms. The Bertz CT molecular complexity index is 803. The van der Waals surface area contributed by atoms with Crippen LogP contribution in [0.1, 0.15) is 24.5 Å². The molecule has 0 saturated carbocycles. The molecular formula is C20H23NO4. The zero-order valence-corrected chi connectivity index (χ0v) is 14.9. The molecule has 2 aliphatic heterocycles. The number of carbonyl (C=O) groups is 1. The predicted octanol–water partition coefficient (Wildman–Crippen LogP) is 1.87. The van der Waals surface area contributed by atoms with Crippen molar-refractivity contribution in [2.75, 3.05) is 27.3 Å². The molecule has 0 radical (unpaired) electrons. The summed E-state index contributed by atoms with van der Waals surface area (Å²) in [6, 6.07) is 4.29. The minimum atomic E-state index is -0.530. The van der Waals surface area contributed by atoms with Gasteiger partial charge in [-0.1, -0.05) is 6.07 Å². The van der Waals surface area contributed by atoms with E-state index in [9.17, 15) is 4.79 Å². The third-order valence-corrected chi connectivity index (χ3v) is 6.69. The second-order valence-electron chi connectivity index (χ2n) is 7.51. The highest BCUT2D eigenvalue weighted by Crippen LogP contribution is 2.64. The lowest BCUT2D eigenvalue weighted by molar-refractivity contribution is -0.171. The number of hydrogen-bond donors (Lipinski definition) is 0. The third kappa shape index (κ3) is 1.55. The summed E-state index contributed by atoms with van der Waals surface area (Å²) >= 11 is 0. The fourth-order valence-electron chi connectivity index (χ4n) is 5.76. The van der Waals surface area contributed by atoms with Crippen molar-refractivity contribution in [3.8, 4) is 11.5 Å². The van der Waals surface area contributed by atoms with Crippen molar-refractivity contribution in [3.63, 3.8) is 0 Å². The average molecular weight is 341 g/mol. The van der Waals surface area contributed by atoms with Crippen LogP contribution in [0.5, 0.6) is 11.5 Å². The highest BCUT2D eigenvalue weighted by molar-refractivity contribution is 5.99. The van der Waals surface area contributed by atoms with Gasteiger partial charge in [-0.05, 0) is 57.1 Å². The summed E-state index contributed by atoms with van der Waals surface area (Å²) in [6.45, 7) is 3.56. The van der Waals surface area contributed by atoms with E-state index >= 15 is 0 Å². The zero-order chi connectivity index (χ0) is 17.4. The number of ketones is 1. The van der Waals surface area contributed by atoms with Crippen molar-refractivity contribution in [2.45, 2.75) is 42.9 Å². The monoisotopic (exact) mass is 341 g/mol. The maximum Gasteiger partial charge on any atom is 0.196 e. The van der Waals surface area contributed by atoms with E-state index in [-0.39, 0.29) is 11.8 Å². The van der Waals surface area contributed by atoms with E-state index in [2.05, 4.69) is 18.0 Å². The van der Waals surface area contributed by atoms with E-state index in [1.54, 1.807) is 13.2 Å². The van der Waals surface area contributed by atoms with Crippen LogP contribution in [-0.2, 0) is 21.4 Å². The molecule has 1 spiro atoms. The van der Waals surface area contributed by atoms with E-state index in [0.29, 0.717) is 12.4 Å². The Morgan fingerprint density at radius 1 is 1.40 bits per heavy atom. The number of likely N-dealkylation sites (tertiary alicyclic amines) is 1. The largest absolute Gasteiger partial charge is 0.493 e. The molecule has 1 saturated heterocycles. The summed E-state index contributed by atoms with van der Waals surface area (Å²) < 4.78 is 18.3. The van der Waals surface area contributed by atoms with Gasteiger partial charge in [-0.3, -0.25) is 9.69 Å². The van der Waals surface area contributed by atoms with Crippen LogP contribution in [-0.4, -0.2) is 55.7 Å². The van der Waals surface area contributed by atoms with Crippen LogP contribution in [0.3, 0.4) is 0 Å². The number of hydrogen-bond acceptors (Lipinski definition) is 5. The number of likely N-dealkylation sites (N-methyl/N-ethyl adjacent to an activating group) is 1. The Balaban J connectivity index is 1.87. The summed E-state index contributed by atoms with van der Waals surface area (Å²) in [4.78, 5) is 15.2. The van der Waals surface area contributed by atoms with Gasteiger partial charge in [0, 0.05) is 18.2 Å². The van der Waals surface area contributed by atoms with Crippen LogP contribution < -0.4 is 9.47 Å². The quantitative estimate of drug-likeness (QED) is 0.840. The summed E-state index contributed by atoms with van der Waals surface area (Å²) in [7, 11) is 3.81. The molecule has 4 unspecified atom stereocenters. The number of nitrogens with zero attached hydrogens (tertiary/aromatic N) is 1. The van der Waals surface area contributed by atoms with E-state index < -0.39 is 17.1 Å². The summed E-state index contributed by atoms with van der Waals surface area (Å²) in [5.74, 6) is 1.48. The molecule has 0 amide bonds. The minimum Gasteiger partial charge on any atom is -0.493 e. The van der Waals surface area contributed by atoms with Crippen molar-refractivity contribution in [2.24, 2.45) is 0 Å². The molecule has 2 aliphatic carbocycles. The maximum absolute atomic E-state index is 12.8. The van der Waals surface area contributed by atoms with Gasteiger partial charge in [-0.2, -0.15) is 0 Å². The molecule has 1 aromatic carbocycles. The van der Waals surface area contributed by atoms with Gasteiger partial charge in [0.25, 0.3) is 0 Å². The van der Waals surface area contributed by atoms with Crippen LogP contribution in [0, 0.1) is 0 Å². The van der Waals surface area contributed by atoms with Crippen molar-refractivity contribution >= 4 is 5.78 Å². The number of methoxy groups -OCH3 is 1. The second kappa shape index (κ2) is 4.86. The lowest BCUT2D eigenvalue weighted by Crippen LogP contribution is -2.75. The number of ether oxygens (including phenoxy) is 3. The molecule has 132 valence electrons. The molecule has 1 fully saturated rings. The first-order valence-electron chi connectivity index (χ1n) is 9.03. The molecule has 5 nitrogen and oxygen atoms in total. The predicted molar refractivity (Wildman–Crippen MR) is 92.3 cm³/mol. The van der Waals surface area contributed by atoms with Gasteiger partial charge in [-0.15, -0.1) is 0 Å². The van der Waals surface area contributed by atoms with Crippen LogP contribution >= 0.6 is 0 Å². The summed E-state index contributed by atoms with van der Waals surface area (Å²) in [5, 5.41) is 0. The molecule has 1 aromatic rings. The smallest absolute Gasteiger partial charge is 0.196 e. The van der Waals surface area contributed by atoms with Crippen molar-refractivity contribution < 1.29 is 19.0 Å². The third-order valence-electron chi connectivity index (χ3n) is 6.69. The lowest BCUT2D eigenvalue weighted by Gasteiger charge is -2.62. The minimum absolute atomic E-state index is 0.0322. The van der Waals surface area contributed by atoms with Gasteiger partial charge in [-0.25, -0.2) is 0 Å². The van der Waals surface area contributed by atoms with Gasteiger partial charge in [0.1, 0.15) is 5.60 Å². The van der Waals surface area contributed by atoms with Crippen LogP contribution in [0.15, 0.2) is 24.3 Å². The molecule has 2 bridgehead atoms. The van der Waals surface area contributed by atoms with E-state index in [1.807, 2.05) is 19.1 Å². The Kier molecular flexibility index (Phi) is 3.00. The molecule has 0 aromatic heterocycles. The Labute approximate surface area is 147 Å². The highest BCUT2D eigenvalue weighted by atomic mass is 16.5. The van der Waals surface area contributed by atoms with Crippen molar-refractivity contribution in [1.29, 1.82) is 0 Å². The van der Waals surface area contributed by atoms with Crippen LogP contribution in [0.4, 0.5) is 0 Å². The number of carbonyl (C=O) groups excluding carboxylic acids is 1. The second-order valence-corrected chi connectivity index (χ2v) is 7.51. The van der Waals surface area contributed by atoms with Crippen LogP contribution in [0.2, 0.25) is 0 Å². The topological polar surface area (TPSA) is 48.0 Å². The Morgan fingerprint density at radius 3 is 3.00 bits per heavy atom. The van der Waals surface area contributed by atoms with Crippen molar-refractivity contribution in [3.05, 3.63) is 35.4 Å². The maximum atomic E-state index is 12.8. The fourth-order valence-corrected chi connectivity index (χ4v) is 5.76. The standard InChI is InChI=1S/C20H23NO4/c1-4-24-20-8-7-13(22)18-19(20)9-10-21(2)15(20)11-12-5-6-14(23-3)17(25-18)16(12)19/h5-8,15,18H,4,9-11H2,1-3H3. The van der Waals surface area contributed by atoms with Gasteiger partial charge in [0.2, 0.25) is 0 Å². The molecule has 0 N–H and O–H groups in total. The normalized spacial score (nSPS) is 37.6. The highest BCUT2D eigenvalue weighted by Gasteiger charge is 2.72. The van der Waals surface area contributed by atoms with E-state index in [0.717, 1.165) is 30.7 Å². The van der Waals surface area contributed by atoms with Gasteiger partial charge < -0.3 is 14.2 Å². The summed E-state index contributed by atoms with van der Waals surface area (Å²) in [5.41, 5.74) is 1.42. The molecular weight excluding hydrogens is 318 g/mol. The number of benzene rings is 1. The van der Waals surface area contributed by atoms with Gasteiger partial charge >= 0.3 is 0 Å². The zero-order valence-electron chi connectivity index (χ0n) is 14.9. The SMILES string of the molecule is CCOC12C=CC(=O)C3Oc4c(OC)ccc5c4C31CCN(C)C2C5. The first kappa shape index (κ1) is 15.4. The molecule has 2 heterocycles.